The van der Waals surface area contributed by atoms with Crippen molar-refractivity contribution in [2.75, 3.05) is 7.11 Å². The van der Waals surface area contributed by atoms with Crippen molar-refractivity contribution in [3.63, 3.8) is 0 Å². The van der Waals surface area contributed by atoms with E-state index >= 15 is 0 Å². The summed E-state index contributed by atoms with van der Waals surface area (Å²) in [6, 6.07) is 3.03. The molecule has 1 aromatic carbocycles. The van der Waals surface area contributed by atoms with Crippen molar-refractivity contribution >= 4 is 17.6 Å². The summed E-state index contributed by atoms with van der Waals surface area (Å²) in [5.41, 5.74) is 0.550. The molecule has 1 rings (SSSR count). The van der Waals surface area contributed by atoms with Gasteiger partial charge in [0.15, 0.2) is 5.82 Å². The number of ether oxygens (including phenoxy) is 1. The van der Waals surface area contributed by atoms with Crippen LogP contribution in [0.25, 0.3) is 0 Å². The van der Waals surface area contributed by atoms with Crippen LogP contribution in [0.2, 0.25) is 5.02 Å². The average Bonchev–Trinajstić information content (AvgIpc) is 2.20. The SMILES string of the molecule is COC(=O)c1ccc(C(C)C)c(Cl)c1F. The summed E-state index contributed by atoms with van der Waals surface area (Å²) < 4.78 is 18.1. The molecule has 0 saturated heterocycles. The van der Waals surface area contributed by atoms with Crippen molar-refractivity contribution in [2.24, 2.45) is 0 Å². The van der Waals surface area contributed by atoms with Crippen LogP contribution < -0.4 is 0 Å². The fourth-order valence-electron chi connectivity index (χ4n) is 1.28. The number of carbonyl (C=O) groups is 1. The Kier molecular flexibility index (Phi) is 3.69. The molecule has 15 heavy (non-hydrogen) atoms. The molecule has 0 fully saturated rings. The van der Waals surface area contributed by atoms with Crippen molar-refractivity contribution in [3.8, 4) is 0 Å². The number of benzene rings is 1. The predicted octanol–water partition coefficient (Wildman–Crippen LogP) is 3.39. The molecule has 2 nitrogen and oxygen atoms in total. The highest BCUT2D eigenvalue weighted by Gasteiger charge is 2.18. The third kappa shape index (κ3) is 2.29. The Labute approximate surface area is 93.0 Å². The summed E-state index contributed by atoms with van der Waals surface area (Å²) in [5, 5.41) is -0.00657. The maximum Gasteiger partial charge on any atom is 0.340 e. The summed E-state index contributed by atoms with van der Waals surface area (Å²) in [6.45, 7) is 3.80. The van der Waals surface area contributed by atoms with E-state index in [1.54, 1.807) is 6.07 Å². The van der Waals surface area contributed by atoms with E-state index in [0.717, 1.165) is 0 Å². The highest BCUT2D eigenvalue weighted by atomic mass is 35.5. The molecular formula is C11H12ClFO2. The molecule has 0 aromatic heterocycles. The first-order valence-electron chi connectivity index (χ1n) is 4.55. The summed E-state index contributed by atoms with van der Waals surface area (Å²) >= 11 is 5.81. The van der Waals surface area contributed by atoms with E-state index in [4.69, 9.17) is 11.6 Å². The zero-order valence-corrected chi connectivity index (χ0v) is 9.56. The second-order valence-electron chi connectivity index (χ2n) is 3.48. The Morgan fingerprint density at radius 2 is 2.07 bits per heavy atom. The number of hydrogen-bond acceptors (Lipinski definition) is 2. The molecule has 0 radical (unpaired) electrons. The molecule has 82 valence electrons. The second kappa shape index (κ2) is 4.62. The minimum absolute atomic E-state index is 0.00657. The van der Waals surface area contributed by atoms with E-state index in [0.29, 0.717) is 5.56 Å². The van der Waals surface area contributed by atoms with E-state index in [1.165, 1.54) is 13.2 Å². The molecule has 0 spiro atoms. The highest BCUT2D eigenvalue weighted by Crippen LogP contribution is 2.28. The summed E-state index contributed by atoms with van der Waals surface area (Å²) in [4.78, 5) is 11.1. The van der Waals surface area contributed by atoms with Crippen molar-refractivity contribution in [1.29, 1.82) is 0 Å². The lowest BCUT2D eigenvalue weighted by molar-refractivity contribution is 0.0595. The summed E-state index contributed by atoms with van der Waals surface area (Å²) in [6.07, 6.45) is 0. The Bertz CT molecular complexity index is 388. The Hall–Kier alpha value is -1.09. The first-order chi connectivity index (χ1) is 6.99. The topological polar surface area (TPSA) is 26.3 Å². The molecule has 0 saturated carbocycles. The highest BCUT2D eigenvalue weighted by molar-refractivity contribution is 6.32. The summed E-state index contributed by atoms with van der Waals surface area (Å²) in [5.74, 6) is -1.32. The van der Waals surface area contributed by atoms with Gasteiger partial charge in [0, 0.05) is 0 Å². The fraction of sp³-hybridized carbons (Fsp3) is 0.364. The maximum absolute atomic E-state index is 13.6. The van der Waals surface area contributed by atoms with Gasteiger partial charge in [0.25, 0.3) is 0 Å². The summed E-state index contributed by atoms with van der Waals surface area (Å²) in [7, 11) is 1.20. The van der Waals surface area contributed by atoms with Crippen LogP contribution in [0.1, 0.15) is 35.7 Å². The third-order valence-electron chi connectivity index (χ3n) is 2.14. The van der Waals surface area contributed by atoms with Crippen LogP contribution in [-0.4, -0.2) is 13.1 Å². The molecule has 0 aliphatic rings. The smallest absolute Gasteiger partial charge is 0.340 e. The molecule has 0 atom stereocenters. The molecule has 4 heteroatoms. The van der Waals surface area contributed by atoms with Crippen molar-refractivity contribution in [2.45, 2.75) is 19.8 Å². The van der Waals surface area contributed by atoms with Crippen LogP contribution in [0.15, 0.2) is 12.1 Å². The zero-order valence-electron chi connectivity index (χ0n) is 8.80. The monoisotopic (exact) mass is 230 g/mol. The molecule has 0 N–H and O–H groups in total. The van der Waals surface area contributed by atoms with E-state index < -0.39 is 11.8 Å². The molecule has 0 unspecified atom stereocenters. The van der Waals surface area contributed by atoms with Gasteiger partial charge in [-0.25, -0.2) is 9.18 Å². The lowest BCUT2D eigenvalue weighted by Gasteiger charge is -2.10. The Morgan fingerprint density at radius 3 is 2.53 bits per heavy atom. The fourth-order valence-corrected chi connectivity index (χ4v) is 1.66. The lowest BCUT2D eigenvalue weighted by Crippen LogP contribution is -2.06. The molecule has 0 bridgehead atoms. The van der Waals surface area contributed by atoms with Gasteiger partial charge >= 0.3 is 5.97 Å². The maximum atomic E-state index is 13.6. The van der Waals surface area contributed by atoms with Crippen LogP contribution >= 0.6 is 11.6 Å². The predicted molar refractivity (Wildman–Crippen MR) is 56.8 cm³/mol. The average molecular weight is 231 g/mol. The standard InChI is InChI=1S/C11H12ClFO2/c1-6(2)7-4-5-8(11(14)15-3)10(13)9(7)12/h4-6H,1-3H3. The van der Waals surface area contributed by atoms with Gasteiger partial charge in [-0.05, 0) is 17.5 Å². The van der Waals surface area contributed by atoms with Crippen LogP contribution in [0.3, 0.4) is 0 Å². The molecule has 1 aromatic rings. The third-order valence-corrected chi connectivity index (χ3v) is 2.52. The van der Waals surface area contributed by atoms with E-state index in [2.05, 4.69) is 4.74 Å². The first-order valence-corrected chi connectivity index (χ1v) is 4.93. The zero-order chi connectivity index (χ0) is 11.6. The number of methoxy groups -OCH3 is 1. The van der Waals surface area contributed by atoms with Crippen molar-refractivity contribution < 1.29 is 13.9 Å². The molecule has 0 aliphatic carbocycles. The van der Waals surface area contributed by atoms with Gasteiger partial charge in [-0.2, -0.15) is 0 Å². The minimum atomic E-state index is -0.718. The van der Waals surface area contributed by atoms with Gasteiger partial charge < -0.3 is 4.74 Å². The van der Waals surface area contributed by atoms with Gasteiger partial charge in [-0.15, -0.1) is 0 Å². The van der Waals surface area contributed by atoms with Gasteiger partial charge in [-0.1, -0.05) is 31.5 Å². The number of rotatable bonds is 2. The quantitative estimate of drug-likeness (QED) is 0.728. The Morgan fingerprint density at radius 1 is 1.47 bits per heavy atom. The van der Waals surface area contributed by atoms with E-state index in [-0.39, 0.29) is 16.5 Å². The largest absolute Gasteiger partial charge is 0.465 e. The van der Waals surface area contributed by atoms with Crippen LogP contribution in [0, 0.1) is 5.82 Å². The number of esters is 1. The van der Waals surface area contributed by atoms with Gasteiger partial charge in [-0.3, -0.25) is 0 Å². The van der Waals surface area contributed by atoms with Crippen LogP contribution in [-0.2, 0) is 4.74 Å². The van der Waals surface area contributed by atoms with Crippen molar-refractivity contribution in [1.82, 2.24) is 0 Å². The molecule has 0 amide bonds. The number of carbonyl (C=O) groups excluding carboxylic acids is 1. The second-order valence-corrected chi connectivity index (χ2v) is 3.85. The van der Waals surface area contributed by atoms with Gasteiger partial charge in [0.05, 0.1) is 17.7 Å². The van der Waals surface area contributed by atoms with Crippen molar-refractivity contribution in [3.05, 3.63) is 34.1 Å². The normalized spacial score (nSPS) is 10.5. The molecule has 0 heterocycles. The van der Waals surface area contributed by atoms with E-state index in [9.17, 15) is 9.18 Å². The van der Waals surface area contributed by atoms with Gasteiger partial charge in [0.1, 0.15) is 0 Å². The minimum Gasteiger partial charge on any atom is -0.465 e. The molecular weight excluding hydrogens is 219 g/mol. The van der Waals surface area contributed by atoms with E-state index in [1.807, 2.05) is 13.8 Å². The van der Waals surface area contributed by atoms with Gasteiger partial charge in [0.2, 0.25) is 0 Å². The Balaban J connectivity index is 3.27. The lowest BCUT2D eigenvalue weighted by atomic mass is 10.0. The molecule has 0 aliphatic heterocycles. The number of hydrogen-bond donors (Lipinski definition) is 0. The number of halogens is 2. The first kappa shape index (κ1) is 12.0. The van der Waals surface area contributed by atoms with Crippen LogP contribution in [0.4, 0.5) is 4.39 Å². The van der Waals surface area contributed by atoms with Crippen LogP contribution in [0.5, 0.6) is 0 Å².